The molecule has 6 nitrogen and oxygen atoms in total. The van der Waals surface area contributed by atoms with Gasteiger partial charge in [-0.1, -0.05) is 24.3 Å². The minimum atomic E-state index is -0.343. The summed E-state index contributed by atoms with van der Waals surface area (Å²) < 4.78 is 2.72. The van der Waals surface area contributed by atoms with Gasteiger partial charge in [0.2, 0.25) is 0 Å². The van der Waals surface area contributed by atoms with E-state index < -0.39 is 0 Å². The molecule has 144 valence electrons. The Morgan fingerprint density at radius 2 is 1.89 bits per heavy atom. The summed E-state index contributed by atoms with van der Waals surface area (Å²) in [5.41, 5.74) is 4.04. The van der Waals surface area contributed by atoms with Crippen LogP contribution in [0.1, 0.15) is 40.8 Å². The van der Waals surface area contributed by atoms with Crippen molar-refractivity contribution in [1.29, 1.82) is 0 Å². The van der Waals surface area contributed by atoms with Gasteiger partial charge in [-0.15, -0.1) is 0 Å². The van der Waals surface area contributed by atoms with Crippen LogP contribution in [0, 0.1) is 18.8 Å². The first-order valence-electron chi connectivity index (χ1n) is 9.73. The third-order valence-corrected chi connectivity index (χ3v) is 6.77. The Morgan fingerprint density at radius 3 is 2.68 bits per heavy atom. The van der Waals surface area contributed by atoms with Crippen LogP contribution in [-0.2, 0) is 25.3 Å². The van der Waals surface area contributed by atoms with Crippen LogP contribution in [0.15, 0.2) is 39.9 Å². The van der Waals surface area contributed by atoms with Crippen molar-refractivity contribution in [2.45, 2.75) is 31.7 Å². The Kier molecular flexibility index (Phi) is 3.57. The smallest absolute Gasteiger partial charge is 0.330 e. The number of anilines is 1. The average Bonchev–Trinajstić information content (AvgIpc) is 2.84. The highest BCUT2D eigenvalue weighted by Gasteiger charge is 2.49. The van der Waals surface area contributed by atoms with Gasteiger partial charge in [-0.25, -0.2) is 4.79 Å². The molecule has 2 heterocycles. The maximum atomic E-state index is 13.1. The molecule has 28 heavy (non-hydrogen) atoms. The summed E-state index contributed by atoms with van der Waals surface area (Å²) in [6.07, 6.45) is 4.96. The zero-order valence-electron chi connectivity index (χ0n) is 16.2. The predicted octanol–water partition coefficient (Wildman–Crippen LogP) is 1.96. The van der Waals surface area contributed by atoms with E-state index in [1.54, 1.807) is 11.6 Å². The third-order valence-electron chi connectivity index (χ3n) is 6.77. The van der Waals surface area contributed by atoms with Crippen LogP contribution < -0.4 is 16.6 Å². The molecule has 0 amide bonds. The molecule has 0 radical (unpaired) electrons. The molecule has 4 atom stereocenters. The molecule has 2 aromatic rings. The zero-order chi connectivity index (χ0) is 19.7. The van der Waals surface area contributed by atoms with Crippen LogP contribution in [0.4, 0.5) is 5.69 Å². The maximum Gasteiger partial charge on any atom is 0.330 e. The normalized spacial score (nSPS) is 27.3. The number of nitrogens with one attached hydrogen (secondary N) is 1. The van der Waals surface area contributed by atoms with E-state index in [1.165, 1.54) is 17.2 Å². The fourth-order valence-corrected chi connectivity index (χ4v) is 5.37. The predicted molar refractivity (Wildman–Crippen MR) is 107 cm³/mol. The van der Waals surface area contributed by atoms with Crippen molar-refractivity contribution in [2.75, 3.05) is 5.32 Å². The van der Waals surface area contributed by atoms with E-state index in [9.17, 15) is 14.4 Å². The molecule has 1 aromatic heterocycles. The monoisotopic (exact) mass is 377 g/mol. The number of allylic oxidation sites excluding steroid dienone is 2. The molecule has 5 rings (SSSR count). The summed E-state index contributed by atoms with van der Waals surface area (Å²) in [5.74, 6) is 0.0228. The lowest BCUT2D eigenvalue weighted by Crippen LogP contribution is -2.50. The molecule has 0 fully saturated rings. The summed E-state index contributed by atoms with van der Waals surface area (Å²) in [6.45, 7) is 2.04. The number of benzene rings is 1. The van der Waals surface area contributed by atoms with Crippen molar-refractivity contribution in [3.63, 3.8) is 0 Å². The molecule has 0 saturated heterocycles. The Hall–Kier alpha value is -2.89. The van der Waals surface area contributed by atoms with Gasteiger partial charge >= 0.3 is 5.69 Å². The van der Waals surface area contributed by atoms with Crippen LogP contribution in [0.3, 0.4) is 0 Å². The fraction of sp³-hybridized carbons (Fsp3) is 0.409. The Balaban J connectivity index is 1.83. The lowest BCUT2D eigenvalue weighted by atomic mass is 9.64. The summed E-state index contributed by atoms with van der Waals surface area (Å²) >= 11 is 0. The van der Waals surface area contributed by atoms with Gasteiger partial charge in [0.15, 0.2) is 0 Å². The Morgan fingerprint density at radius 1 is 1.11 bits per heavy atom. The lowest BCUT2D eigenvalue weighted by molar-refractivity contribution is -0.124. The first kappa shape index (κ1) is 17.2. The van der Waals surface area contributed by atoms with Gasteiger partial charge in [-0.05, 0) is 30.5 Å². The SMILES string of the molecule is Cc1ccc2c(c1)N[C@@H]1c3c(n(C)c(=O)n(C)c3=O)C[C@@H]3C(=O)CC=C[C@H]2[C@@H]31. The number of aryl methyl sites for hydroxylation is 1. The van der Waals surface area contributed by atoms with Crippen molar-refractivity contribution in [3.8, 4) is 0 Å². The number of Topliss-reactive ketones (excluding diaryl/α,β-unsaturated/α-hetero) is 1. The fourth-order valence-electron chi connectivity index (χ4n) is 5.37. The van der Waals surface area contributed by atoms with Gasteiger partial charge in [-0.2, -0.15) is 0 Å². The highest BCUT2D eigenvalue weighted by atomic mass is 16.2. The van der Waals surface area contributed by atoms with E-state index in [1.807, 2.05) is 13.0 Å². The quantitative estimate of drug-likeness (QED) is 0.713. The number of rotatable bonds is 0. The number of carbonyl (C=O) groups excluding carboxylic acids is 1. The first-order chi connectivity index (χ1) is 13.4. The van der Waals surface area contributed by atoms with E-state index in [0.717, 1.165) is 11.3 Å². The van der Waals surface area contributed by atoms with E-state index in [4.69, 9.17) is 0 Å². The highest BCUT2D eigenvalue weighted by molar-refractivity contribution is 5.85. The topological polar surface area (TPSA) is 73.1 Å². The van der Waals surface area contributed by atoms with Gasteiger partial charge < -0.3 is 9.88 Å². The number of aromatic nitrogens is 2. The van der Waals surface area contributed by atoms with Crippen molar-refractivity contribution >= 4 is 11.5 Å². The van der Waals surface area contributed by atoms with Gasteiger partial charge in [0.1, 0.15) is 5.78 Å². The van der Waals surface area contributed by atoms with Gasteiger partial charge in [-0.3, -0.25) is 14.2 Å². The molecular weight excluding hydrogens is 354 g/mol. The van der Waals surface area contributed by atoms with Crippen molar-refractivity contribution < 1.29 is 4.79 Å². The minimum Gasteiger partial charge on any atom is -0.377 e. The van der Waals surface area contributed by atoms with Crippen molar-refractivity contribution in [1.82, 2.24) is 9.13 Å². The zero-order valence-corrected chi connectivity index (χ0v) is 16.2. The number of ketones is 1. The molecule has 1 aromatic carbocycles. The largest absolute Gasteiger partial charge is 0.377 e. The molecule has 3 aliphatic rings. The van der Waals surface area contributed by atoms with Crippen LogP contribution in [0.2, 0.25) is 0 Å². The second-order valence-electron chi connectivity index (χ2n) is 8.29. The molecule has 0 unspecified atom stereocenters. The van der Waals surface area contributed by atoms with Gasteiger partial charge in [0.05, 0.1) is 11.6 Å². The highest BCUT2D eigenvalue weighted by Crippen LogP contribution is 2.53. The molecule has 0 bridgehead atoms. The van der Waals surface area contributed by atoms with Gasteiger partial charge in [0, 0.05) is 49.7 Å². The molecule has 0 saturated carbocycles. The summed E-state index contributed by atoms with van der Waals surface area (Å²) in [5, 5.41) is 3.57. The lowest BCUT2D eigenvalue weighted by Gasteiger charge is -2.46. The number of carbonyl (C=O) groups is 1. The maximum absolute atomic E-state index is 13.1. The van der Waals surface area contributed by atoms with Gasteiger partial charge in [0.25, 0.3) is 5.56 Å². The molecule has 2 aliphatic carbocycles. The molecule has 0 spiro atoms. The van der Waals surface area contributed by atoms with E-state index in [2.05, 4.69) is 29.6 Å². The van der Waals surface area contributed by atoms with Crippen molar-refractivity contribution in [2.24, 2.45) is 25.9 Å². The summed E-state index contributed by atoms with van der Waals surface area (Å²) in [6, 6.07) is 6.03. The van der Waals surface area contributed by atoms with E-state index >= 15 is 0 Å². The standard InChI is InChI=1S/C22H23N3O3/c1-11-7-8-12-13-5-4-6-17(26)14-10-16-19(20(18(13)14)23-15(12)9-11)21(27)25(3)22(28)24(16)2/h4-5,7-9,13-14,18,20,23H,6,10H2,1-3H3/t13-,14-,18+,20+/m1/s1. The second kappa shape index (κ2) is 5.80. The number of nitrogens with zero attached hydrogens (tertiary/aromatic N) is 2. The molecule has 6 heteroatoms. The Bertz CT molecular complexity index is 1170. The number of fused-ring (bicyclic) bond motifs is 4. The minimum absolute atomic E-state index is 0.0286. The number of hydrogen-bond donors (Lipinski definition) is 1. The summed E-state index contributed by atoms with van der Waals surface area (Å²) in [4.78, 5) is 38.6. The van der Waals surface area contributed by atoms with Crippen molar-refractivity contribution in [3.05, 3.63) is 73.6 Å². The van der Waals surface area contributed by atoms with E-state index in [0.29, 0.717) is 24.1 Å². The molecule has 1 aliphatic heterocycles. The second-order valence-corrected chi connectivity index (χ2v) is 8.29. The van der Waals surface area contributed by atoms with Crippen LogP contribution >= 0.6 is 0 Å². The average molecular weight is 377 g/mol. The molecular formula is C22H23N3O3. The van der Waals surface area contributed by atoms with E-state index in [-0.39, 0.29) is 40.8 Å². The van der Waals surface area contributed by atoms with Crippen LogP contribution in [0.25, 0.3) is 0 Å². The number of hydrogen-bond acceptors (Lipinski definition) is 4. The third kappa shape index (κ3) is 2.17. The molecule has 1 N–H and O–H groups in total. The summed E-state index contributed by atoms with van der Waals surface area (Å²) in [7, 11) is 3.21. The van der Waals surface area contributed by atoms with Crippen LogP contribution in [0.5, 0.6) is 0 Å². The first-order valence-corrected chi connectivity index (χ1v) is 9.73. The van der Waals surface area contributed by atoms with Crippen LogP contribution in [-0.4, -0.2) is 14.9 Å². The Labute approximate surface area is 162 Å².